The van der Waals surface area contributed by atoms with Gasteiger partial charge in [0.25, 0.3) is 0 Å². The Kier molecular flexibility index (Phi) is 4.14. The molecule has 1 saturated heterocycles. The van der Waals surface area contributed by atoms with E-state index in [0.717, 1.165) is 0 Å². The standard InChI is InChI=1S/C20H22N2O2/c1-13(2)15-5-9-17(10-6-15)21-19(23)22(20(21)24)18-11-7-16(8-12-18)14(3)4/h5-14H,1-4H3. The number of hydrogen-bond acceptors (Lipinski definition) is 2. The first-order valence-corrected chi connectivity index (χ1v) is 8.28. The zero-order valence-electron chi connectivity index (χ0n) is 14.5. The van der Waals surface area contributed by atoms with Crippen LogP contribution in [0.25, 0.3) is 0 Å². The maximum absolute atomic E-state index is 12.4. The van der Waals surface area contributed by atoms with Crippen molar-refractivity contribution in [2.45, 2.75) is 39.5 Å². The first-order valence-electron chi connectivity index (χ1n) is 8.28. The Bertz CT molecular complexity index is 682. The molecular weight excluding hydrogens is 300 g/mol. The normalized spacial score (nSPS) is 14.6. The second kappa shape index (κ2) is 6.11. The van der Waals surface area contributed by atoms with E-state index in [-0.39, 0.29) is 12.1 Å². The summed E-state index contributed by atoms with van der Waals surface area (Å²) in [4.78, 5) is 27.3. The molecule has 0 atom stereocenters. The number of rotatable bonds is 4. The number of amides is 4. The first kappa shape index (κ1) is 16.2. The Morgan fingerprint density at radius 1 is 0.583 bits per heavy atom. The zero-order chi connectivity index (χ0) is 17.4. The van der Waals surface area contributed by atoms with Crippen molar-refractivity contribution in [2.75, 3.05) is 9.80 Å². The summed E-state index contributed by atoms with van der Waals surface area (Å²) < 4.78 is 0. The van der Waals surface area contributed by atoms with Crippen LogP contribution >= 0.6 is 0 Å². The lowest BCUT2D eigenvalue weighted by molar-refractivity contribution is 0.226. The van der Waals surface area contributed by atoms with Gasteiger partial charge >= 0.3 is 12.1 Å². The van der Waals surface area contributed by atoms with Crippen LogP contribution in [0.1, 0.15) is 50.7 Å². The molecule has 1 heterocycles. The number of imide groups is 2. The van der Waals surface area contributed by atoms with Gasteiger partial charge in [0.05, 0.1) is 11.4 Å². The molecule has 3 rings (SSSR count). The van der Waals surface area contributed by atoms with E-state index in [9.17, 15) is 9.59 Å². The second-order valence-corrected chi connectivity index (χ2v) is 6.73. The van der Waals surface area contributed by atoms with Crippen LogP contribution in [0.5, 0.6) is 0 Å². The van der Waals surface area contributed by atoms with E-state index in [1.807, 2.05) is 48.5 Å². The highest BCUT2D eigenvalue weighted by molar-refractivity contribution is 6.41. The topological polar surface area (TPSA) is 40.6 Å². The molecule has 0 N–H and O–H groups in total. The van der Waals surface area contributed by atoms with Crippen molar-refractivity contribution >= 4 is 23.4 Å². The Balaban J connectivity index is 1.79. The summed E-state index contributed by atoms with van der Waals surface area (Å²) in [5, 5.41) is 0. The van der Waals surface area contributed by atoms with Gasteiger partial charge in [-0.05, 0) is 47.2 Å². The van der Waals surface area contributed by atoms with Crippen LogP contribution in [0.3, 0.4) is 0 Å². The SMILES string of the molecule is CC(C)c1ccc(N2C(=O)N(c3ccc(C(C)C)cc3)C2=O)cc1. The zero-order valence-corrected chi connectivity index (χ0v) is 14.5. The van der Waals surface area contributed by atoms with Gasteiger partial charge in [0.2, 0.25) is 0 Å². The quantitative estimate of drug-likeness (QED) is 0.745. The van der Waals surface area contributed by atoms with Crippen molar-refractivity contribution in [3.63, 3.8) is 0 Å². The maximum Gasteiger partial charge on any atom is 0.345 e. The van der Waals surface area contributed by atoms with Gasteiger partial charge in [0.1, 0.15) is 0 Å². The average molecular weight is 322 g/mol. The van der Waals surface area contributed by atoms with Crippen molar-refractivity contribution < 1.29 is 9.59 Å². The summed E-state index contributed by atoms with van der Waals surface area (Å²) in [7, 11) is 0. The lowest BCUT2D eigenvalue weighted by Gasteiger charge is -2.38. The Morgan fingerprint density at radius 3 is 1.12 bits per heavy atom. The molecule has 1 aliphatic rings. The fourth-order valence-corrected chi connectivity index (χ4v) is 2.78. The minimum atomic E-state index is -0.311. The molecule has 124 valence electrons. The van der Waals surface area contributed by atoms with Gasteiger partial charge in [-0.1, -0.05) is 52.0 Å². The third-order valence-electron chi connectivity index (χ3n) is 4.40. The minimum Gasteiger partial charge on any atom is -0.246 e. The van der Waals surface area contributed by atoms with Crippen LogP contribution in [0.4, 0.5) is 21.0 Å². The molecule has 0 bridgehead atoms. The summed E-state index contributed by atoms with van der Waals surface area (Å²) in [5.74, 6) is 0.829. The highest BCUT2D eigenvalue weighted by Gasteiger charge is 2.45. The smallest absolute Gasteiger partial charge is 0.246 e. The van der Waals surface area contributed by atoms with E-state index < -0.39 is 0 Å². The second-order valence-electron chi connectivity index (χ2n) is 6.73. The van der Waals surface area contributed by atoms with Gasteiger partial charge in [-0.2, -0.15) is 0 Å². The van der Waals surface area contributed by atoms with Crippen molar-refractivity contribution in [3.8, 4) is 0 Å². The van der Waals surface area contributed by atoms with Gasteiger partial charge in [-0.25, -0.2) is 19.4 Å². The number of anilines is 2. The summed E-state index contributed by atoms with van der Waals surface area (Å²) in [5.41, 5.74) is 3.59. The van der Waals surface area contributed by atoms with Crippen molar-refractivity contribution in [1.29, 1.82) is 0 Å². The van der Waals surface area contributed by atoms with Crippen LogP contribution in [0.15, 0.2) is 48.5 Å². The van der Waals surface area contributed by atoms with E-state index >= 15 is 0 Å². The molecule has 2 aromatic carbocycles. The van der Waals surface area contributed by atoms with Crippen molar-refractivity contribution in [1.82, 2.24) is 0 Å². The number of carbonyl (C=O) groups excluding carboxylic acids is 2. The van der Waals surface area contributed by atoms with E-state index in [1.165, 1.54) is 20.9 Å². The van der Waals surface area contributed by atoms with Crippen molar-refractivity contribution in [2.24, 2.45) is 0 Å². The summed E-state index contributed by atoms with van der Waals surface area (Å²) in [6.07, 6.45) is 0. The number of hydrogen-bond donors (Lipinski definition) is 0. The number of benzene rings is 2. The molecule has 0 aliphatic carbocycles. The minimum absolute atomic E-state index is 0.311. The molecule has 24 heavy (non-hydrogen) atoms. The molecule has 0 saturated carbocycles. The summed E-state index contributed by atoms with van der Waals surface area (Å²) >= 11 is 0. The number of nitrogens with zero attached hydrogens (tertiary/aromatic N) is 2. The van der Waals surface area contributed by atoms with E-state index in [2.05, 4.69) is 27.7 Å². The third-order valence-corrected chi connectivity index (χ3v) is 4.40. The highest BCUT2D eigenvalue weighted by atomic mass is 16.2. The van der Waals surface area contributed by atoms with Gasteiger partial charge < -0.3 is 0 Å². The summed E-state index contributed by atoms with van der Waals surface area (Å²) in [6.45, 7) is 8.43. The summed E-state index contributed by atoms with van der Waals surface area (Å²) in [6, 6.07) is 14.5. The molecular formula is C20H22N2O2. The van der Waals surface area contributed by atoms with Crippen LogP contribution in [-0.2, 0) is 0 Å². The monoisotopic (exact) mass is 322 g/mol. The predicted octanol–water partition coefficient (Wildman–Crippen LogP) is 5.50. The molecule has 4 nitrogen and oxygen atoms in total. The molecule has 0 aromatic heterocycles. The molecule has 1 aliphatic heterocycles. The van der Waals surface area contributed by atoms with Gasteiger partial charge in [0, 0.05) is 0 Å². The molecule has 1 fully saturated rings. The fraction of sp³-hybridized carbons (Fsp3) is 0.300. The Morgan fingerprint density at radius 2 is 0.875 bits per heavy atom. The van der Waals surface area contributed by atoms with Crippen LogP contribution in [0, 0.1) is 0 Å². The molecule has 4 heteroatoms. The van der Waals surface area contributed by atoms with Crippen molar-refractivity contribution in [3.05, 3.63) is 59.7 Å². The van der Waals surface area contributed by atoms with Crippen LogP contribution < -0.4 is 9.80 Å². The average Bonchev–Trinajstić information content (AvgIpc) is 2.56. The van der Waals surface area contributed by atoms with E-state index in [4.69, 9.17) is 0 Å². The van der Waals surface area contributed by atoms with Crippen LogP contribution in [0.2, 0.25) is 0 Å². The Labute approximate surface area is 142 Å². The molecule has 0 radical (unpaired) electrons. The third kappa shape index (κ3) is 2.68. The van der Waals surface area contributed by atoms with Gasteiger partial charge in [-0.3, -0.25) is 0 Å². The molecule has 0 unspecified atom stereocenters. The van der Waals surface area contributed by atoms with Gasteiger partial charge in [0.15, 0.2) is 0 Å². The lowest BCUT2D eigenvalue weighted by Crippen LogP contribution is -2.64. The first-order chi connectivity index (χ1) is 11.4. The molecule has 2 aromatic rings. The fourth-order valence-electron chi connectivity index (χ4n) is 2.78. The predicted molar refractivity (Wildman–Crippen MR) is 96.8 cm³/mol. The number of carbonyl (C=O) groups is 2. The number of urea groups is 2. The maximum atomic E-state index is 12.4. The van der Waals surface area contributed by atoms with E-state index in [1.54, 1.807) is 0 Å². The van der Waals surface area contributed by atoms with Crippen LogP contribution in [-0.4, -0.2) is 12.1 Å². The lowest BCUT2D eigenvalue weighted by atomic mass is 10.0. The largest absolute Gasteiger partial charge is 0.345 e. The Hall–Kier alpha value is -2.62. The van der Waals surface area contributed by atoms with E-state index in [0.29, 0.717) is 23.2 Å². The molecule has 0 spiro atoms. The van der Waals surface area contributed by atoms with Gasteiger partial charge in [-0.15, -0.1) is 0 Å². The molecule has 4 amide bonds. The highest BCUT2D eigenvalue weighted by Crippen LogP contribution is 2.32.